The summed E-state index contributed by atoms with van der Waals surface area (Å²) >= 11 is 27.2. The molecule has 6 nitrogen and oxygen atoms in total. The third-order valence-corrected chi connectivity index (χ3v) is 9.77. The number of amides is 1. The van der Waals surface area contributed by atoms with Crippen LogP contribution in [-0.2, 0) is 4.74 Å². The maximum Gasteiger partial charge on any atom is 0.349 e. The molecule has 36 heavy (non-hydrogen) atoms. The maximum atomic E-state index is 13.2. The van der Waals surface area contributed by atoms with Crippen LogP contribution in [0.5, 0.6) is 0 Å². The third-order valence-electron chi connectivity index (χ3n) is 5.89. The Bertz CT molecular complexity index is 1530. The molecule has 0 aliphatic carbocycles. The van der Waals surface area contributed by atoms with E-state index >= 15 is 0 Å². The van der Waals surface area contributed by atoms with Crippen molar-refractivity contribution < 1.29 is 14.3 Å². The number of rotatable bonds is 3. The minimum atomic E-state index is -0.459. The molecule has 2 aromatic carbocycles. The minimum Gasteiger partial charge on any atom is -0.465 e. The number of thiophene rings is 2. The van der Waals surface area contributed by atoms with Crippen LogP contribution in [0.25, 0.3) is 20.2 Å². The van der Waals surface area contributed by atoms with E-state index in [1.165, 1.54) is 29.8 Å². The van der Waals surface area contributed by atoms with Crippen molar-refractivity contribution in [2.24, 2.45) is 0 Å². The number of nitrogens with zero attached hydrogens (tertiary/aromatic N) is 2. The Balaban J connectivity index is 1.24. The van der Waals surface area contributed by atoms with Gasteiger partial charge < -0.3 is 19.9 Å². The molecule has 0 unspecified atom stereocenters. The highest BCUT2D eigenvalue weighted by Gasteiger charge is 2.27. The van der Waals surface area contributed by atoms with Crippen molar-refractivity contribution in [1.29, 1.82) is 0 Å². The lowest BCUT2D eigenvalue weighted by Gasteiger charge is -2.36. The van der Waals surface area contributed by atoms with Crippen molar-refractivity contribution in [2.75, 3.05) is 38.6 Å². The number of anilines is 1. The number of carbonyl (C=O) groups is 2. The van der Waals surface area contributed by atoms with Crippen LogP contribution >= 0.6 is 69.7 Å². The zero-order valence-corrected chi connectivity index (χ0v) is 23.5. The first-order valence-electron chi connectivity index (χ1n) is 10.8. The van der Waals surface area contributed by atoms with Crippen LogP contribution in [0.3, 0.4) is 0 Å². The Labute approximate surface area is 235 Å². The van der Waals surface area contributed by atoms with Gasteiger partial charge in [-0.2, -0.15) is 0 Å². The molecule has 5 rings (SSSR count). The van der Waals surface area contributed by atoms with Crippen LogP contribution in [0, 0.1) is 0 Å². The fourth-order valence-corrected chi connectivity index (χ4v) is 7.52. The highest BCUT2D eigenvalue weighted by molar-refractivity contribution is 7.80. The molecule has 0 bridgehead atoms. The van der Waals surface area contributed by atoms with Gasteiger partial charge in [0.25, 0.3) is 5.91 Å². The second-order valence-electron chi connectivity index (χ2n) is 8.04. The van der Waals surface area contributed by atoms with Crippen molar-refractivity contribution >= 4 is 113 Å². The monoisotopic (exact) mass is 597 g/mol. The van der Waals surface area contributed by atoms with Gasteiger partial charge in [0.1, 0.15) is 9.75 Å². The normalized spacial score (nSPS) is 13.9. The summed E-state index contributed by atoms with van der Waals surface area (Å²) in [7, 11) is 1.33. The quantitative estimate of drug-likeness (QED) is 0.202. The standard InChI is InChI=1S/C24H18Cl3N3O3S3/c1-33-23(32)21-19(27)15-5-3-13(11-17(15)36-21)28-24(34)30-8-6-29(7-9-30)22(31)20-18(26)14-4-2-12(25)10-16(14)35-20/h2-5,10-11H,6-9H2,1H3,(H,28,34). The highest BCUT2D eigenvalue weighted by atomic mass is 35.5. The zero-order valence-electron chi connectivity index (χ0n) is 18.8. The van der Waals surface area contributed by atoms with E-state index in [1.807, 2.05) is 35.2 Å². The predicted octanol–water partition coefficient (Wildman–Crippen LogP) is 7.02. The summed E-state index contributed by atoms with van der Waals surface area (Å²) in [6, 6.07) is 11.1. The fourth-order valence-electron chi connectivity index (χ4n) is 4.00. The van der Waals surface area contributed by atoms with E-state index in [0.717, 1.165) is 25.9 Å². The molecule has 2 aromatic heterocycles. The lowest BCUT2D eigenvalue weighted by Crippen LogP contribution is -2.51. The number of methoxy groups -OCH3 is 1. The van der Waals surface area contributed by atoms with E-state index in [1.54, 1.807) is 11.0 Å². The van der Waals surface area contributed by atoms with Crippen molar-refractivity contribution in [1.82, 2.24) is 9.80 Å². The van der Waals surface area contributed by atoms with Crippen LogP contribution in [0.2, 0.25) is 15.1 Å². The van der Waals surface area contributed by atoms with E-state index in [-0.39, 0.29) is 5.91 Å². The summed E-state index contributed by atoms with van der Waals surface area (Å²) in [6.45, 7) is 2.22. The molecule has 1 N–H and O–H groups in total. The summed E-state index contributed by atoms with van der Waals surface area (Å²) in [4.78, 5) is 29.8. The number of fused-ring (bicyclic) bond motifs is 2. The van der Waals surface area contributed by atoms with E-state index in [9.17, 15) is 9.59 Å². The van der Waals surface area contributed by atoms with Gasteiger partial charge in [-0.3, -0.25) is 4.79 Å². The van der Waals surface area contributed by atoms with Crippen molar-refractivity contribution in [2.45, 2.75) is 0 Å². The average molecular weight is 599 g/mol. The molecule has 12 heteroatoms. The summed E-state index contributed by atoms with van der Waals surface area (Å²) in [6.07, 6.45) is 0. The van der Waals surface area contributed by atoms with Gasteiger partial charge in [-0.1, -0.05) is 40.9 Å². The van der Waals surface area contributed by atoms with Gasteiger partial charge >= 0.3 is 5.97 Å². The van der Waals surface area contributed by atoms with Gasteiger partial charge in [0.15, 0.2) is 5.11 Å². The minimum absolute atomic E-state index is 0.0858. The van der Waals surface area contributed by atoms with Gasteiger partial charge in [-0.25, -0.2) is 4.79 Å². The average Bonchev–Trinajstić information content (AvgIpc) is 3.39. The molecule has 0 radical (unpaired) electrons. The number of thiocarbonyl (C=S) groups is 1. The molecule has 3 heterocycles. The molecule has 1 fully saturated rings. The lowest BCUT2D eigenvalue weighted by atomic mass is 10.2. The first kappa shape index (κ1) is 25.5. The maximum absolute atomic E-state index is 13.2. The molecule has 0 atom stereocenters. The summed E-state index contributed by atoms with van der Waals surface area (Å²) in [5.74, 6) is -0.545. The first-order valence-corrected chi connectivity index (χ1v) is 14.0. The van der Waals surface area contributed by atoms with E-state index in [0.29, 0.717) is 56.1 Å². The Morgan fingerprint density at radius 1 is 0.889 bits per heavy atom. The van der Waals surface area contributed by atoms with Crippen LogP contribution in [-0.4, -0.2) is 60.1 Å². The van der Waals surface area contributed by atoms with Crippen LogP contribution in [0.15, 0.2) is 36.4 Å². The number of ether oxygens (including phenoxy) is 1. The lowest BCUT2D eigenvalue weighted by molar-refractivity contribution is 0.0606. The number of benzene rings is 2. The summed E-state index contributed by atoms with van der Waals surface area (Å²) in [5, 5.41) is 6.90. The number of esters is 1. The summed E-state index contributed by atoms with van der Waals surface area (Å²) in [5.41, 5.74) is 0.788. The van der Waals surface area contributed by atoms with Crippen molar-refractivity contribution in [3.63, 3.8) is 0 Å². The number of halogens is 3. The second kappa shape index (κ2) is 10.3. The first-order chi connectivity index (χ1) is 17.3. The number of hydrogen-bond acceptors (Lipinski definition) is 6. The molecule has 0 spiro atoms. The van der Waals surface area contributed by atoms with Crippen molar-refractivity contribution in [3.05, 3.63) is 61.2 Å². The number of hydrogen-bond donors (Lipinski definition) is 1. The van der Waals surface area contributed by atoms with Crippen LogP contribution < -0.4 is 5.32 Å². The Kier molecular flexibility index (Phi) is 7.31. The summed E-state index contributed by atoms with van der Waals surface area (Å²) < 4.78 is 6.55. The van der Waals surface area contributed by atoms with Crippen LogP contribution in [0.1, 0.15) is 19.3 Å². The zero-order chi connectivity index (χ0) is 25.6. The Hall–Kier alpha value is -2.14. The van der Waals surface area contributed by atoms with Gasteiger partial charge in [-0.05, 0) is 42.5 Å². The molecular weight excluding hydrogens is 581 g/mol. The van der Waals surface area contributed by atoms with Gasteiger partial charge in [0, 0.05) is 57.1 Å². The van der Waals surface area contributed by atoms with Gasteiger partial charge in [-0.15, -0.1) is 22.7 Å². The van der Waals surface area contributed by atoms with E-state index in [4.69, 9.17) is 51.8 Å². The fraction of sp³-hybridized carbons (Fsp3) is 0.208. The number of nitrogens with one attached hydrogen (secondary N) is 1. The largest absolute Gasteiger partial charge is 0.465 e. The Morgan fingerprint density at radius 3 is 2.17 bits per heavy atom. The smallest absolute Gasteiger partial charge is 0.349 e. The molecule has 186 valence electrons. The molecular formula is C24H18Cl3N3O3S3. The number of piperazine rings is 1. The van der Waals surface area contributed by atoms with E-state index in [2.05, 4.69) is 5.32 Å². The molecule has 1 saturated heterocycles. The molecule has 1 amide bonds. The van der Waals surface area contributed by atoms with E-state index < -0.39 is 5.97 Å². The molecule has 1 aliphatic rings. The second-order valence-corrected chi connectivity index (χ2v) is 11.7. The van der Waals surface area contributed by atoms with Crippen LogP contribution in [0.4, 0.5) is 5.69 Å². The molecule has 4 aromatic rings. The third kappa shape index (κ3) is 4.76. The van der Waals surface area contributed by atoms with Crippen molar-refractivity contribution in [3.8, 4) is 0 Å². The molecule has 0 saturated carbocycles. The van der Waals surface area contributed by atoms with Gasteiger partial charge in [0.05, 0.1) is 17.2 Å². The highest BCUT2D eigenvalue weighted by Crippen LogP contribution is 2.38. The SMILES string of the molecule is COC(=O)c1sc2cc(NC(=S)N3CCN(C(=O)c4sc5cc(Cl)ccc5c4Cl)CC3)ccc2c1Cl. The molecule has 1 aliphatic heterocycles. The Morgan fingerprint density at radius 2 is 1.47 bits per heavy atom. The topological polar surface area (TPSA) is 61.9 Å². The van der Waals surface area contributed by atoms with Gasteiger partial charge in [0.2, 0.25) is 0 Å². The predicted molar refractivity (Wildman–Crippen MR) is 154 cm³/mol. The number of carbonyl (C=O) groups excluding carboxylic acids is 2.